The Bertz CT molecular complexity index is 164. The summed E-state index contributed by atoms with van der Waals surface area (Å²) in [5.41, 5.74) is 0. The molecule has 0 spiro atoms. The summed E-state index contributed by atoms with van der Waals surface area (Å²) < 4.78 is 9.30. The Balaban J connectivity index is 2.53. The van der Waals surface area contributed by atoms with Crippen molar-refractivity contribution in [1.29, 1.82) is 0 Å². The summed E-state index contributed by atoms with van der Waals surface area (Å²) >= 11 is 4.59. The molecule has 84 valence electrons. The first-order valence-corrected chi connectivity index (χ1v) is 9.23. The van der Waals surface area contributed by atoms with Crippen LogP contribution in [0.25, 0.3) is 0 Å². The summed E-state index contributed by atoms with van der Waals surface area (Å²) in [6.45, 7) is 3.07. The van der Waals surface area contributed by atoms with E-state index in [4.69, 9.17) is 4.52 Å². The van der Waals surface area contributed by atoms with Crippen molar-refractivity contribution in [2.75, 3.05) is 35.1 Å². The fourth-order valence-electron chi connectivity index (χ4n) is 1.28. The predicted octanol–water partition coefficient (Wildman–Crippen LogP) is 1.21. The van der Waals surface area contributed by atoms with Gasteiger partial charge in [-0.25, -0.2) is 4.52 Å². The molecule has 7 heteroatoms. The predicted molar refractivity (Wildman–Crippen MR) is 74.8 cm³/mol. The second-order valence-electron chi connectivity index (χ2n) is 2.95. The lowest BCUT2D eigenvalue weighted by Crippen LogP contribution is -2.45. The van der Waals surface area contributed by atoms with E-state index < -0.39 is 8.02 Å². The molecule has 0 aromatic carbocycles. The summed E-state index contributed by atoms with van der Waals surface area (Å²) in [7, 11) is -2.68. The number of nitrogens with zero attached hydrogens (tertiary/aromatic N) is 1. The highest BCUT2D eigenvalue weighted by Crippen LogP contribution is 2.51. The average molecular weight is 444 g/mol. The molecule has 1 saturated heterocycles. The van der Waals surface area contributed by atoms with Crippen LogP contribution in [0.3, 0.4) is 0 Å². The minimum atomic E-state index is -2.68. The van der Waals surface area contributed by atoms with Crippen LogP contribution < -0.4 is 9.98 Å². The van der Waals surface area contributed by atoms with Crippen LogP contribution in [0, 0.1) is 0 Å². The van der Waals surface area contributed by atoms with Gasteiger partial charge in [0.15, 0.2) is 0 Å². The van der Waals surface area contributed by atoms with E-state index in [1.165, 1.54) is 0 Å². The molecule has 0 amide bonds. The number of hydrogen-bond acceptors (Lipinski definition) is 4. The van der Waals surface area contributed by atoms with Crippen molar-refractivity contribution in [3.8, 4) is 0 Å². The van der Waals surface area contributed by atoms with Gasteiger partial charge in [0.05, 0.1) is 6.61 Å². The topological polar surface area (TPSA) is 47.6 Å². The van der Waals surface area contributed by atoms with Gasteiger partial charge in [-0.3, -0.25) is 0 Å². The van der Waals surface area contributed by atoms with Crippen LogP contribution >= 0.6 is 53.2 Å². The maximum atomic E-state index is 12.3. The Hall–Kier alpha value is 1.73. The van der Waals surface area contributed by atoms with Gasteiger partial charge in [-0.05, 0) is 6.42 Å². The van der Waals surface area contributed by atoms with Crippen LogP contribution in [0.1, 0.15) is 6.42 Å². The fourth-order valence-corrected chi connectivity index (χ4v) is 5.20. The Labute approximate surface area is 113 Å². The summed E-state index contributed by atoms with van der Waals surface area (Å²) in [5.74, 6) is 0. The summed E-state index contributed by atoms with van der Waals surface area (Å²) in [4.78, 5) is 12.3. The zero-order chi connectivity index (χ0) is 10.4. The molecular formula is C7H15I2N2O2P. The van der Waals surface area contributed by atoms with E-state index in [1.807, 2.05) is 4.67 Å². The van der Waals surface area contributed by atoms with E-state index in [0.29, 0.717) is 6.61 Å². The molecule has 0 radical (unpaired) electrons. The van der Waals surface area contributed by atoms with Crippen LogP contribution in [0.4, 0.5) is 0 Å². The summed E-state index contributed by atoms with van der Waals surface area (Å²) in [5, 5.41) is 3.02. The fraction of sp³-hybridized carbons (Fsp3) is 1.00. The zero-order valence-corrected chi connectivity index (χ0v) is 13.1. The van der Waals surface area contributed by atoms with E-state index in [2.05, 4.69) is 50.3 Å². The van der Waals surface area contributed by atoms with Crippen LogP contribution in [-0.4, -0.2) is 39.8 Å². The minimum absolute atomic E-state index is 0.614. The van der Waals surface area contributed by atoms with Crippen LogP contribution in [-0.2, 0) is 4.52 Å². The molecule has 0 aromatic heterocycles. The first-order valence-electron chi connectivity index (χ1n) is 4.60. The second-order valence-corrected chi connectivity index (χ2v) is 7.29. The van der Waals surface area contributed by atoms with Gasteiger partial charge < -0.3 is 4.89 Å². The monoisotopic (exact) mass is 444 g/mol. The molecule has 1 aliphatic rings. The van der Waals surface area contributed by atoms with E-state index >= 15 is 0 Å². The molecule has 0 saturated carbocycles. The lowest BCUT2D eigenvalue weighted by atomic mass is 10.5. The van der Waals surface area contributed by atoms with Gasteiger partial charge in [-0.1, -0.05) is 45.2 Å². The Kier molecular flexibility index (Phi) is 7.03. The number of rotatable bonds is 5. The molecule has 0 bridgehead atoms. The molecule has 1 atom stereocenters. The molecule has 14 heavy (non-hydrogen) atoms. The third kappa shape index (κ3) is 3.95. The first kappa shape index (κ1) is 13.8. The number of hydrogen-bond donors (Lipinski definition) is 1. The van der Waals surface area contributed by atoms with Gasteiger partial charge in [0.2, 0.25) is 8.02 Å². The van der Waals surface area contributed by atoms with Crippen molar-refractivity contribution >= 4 is 53.2 Å². The molecule has 1 rings (SSSR count). The third-order valence-corrected chi connectivity index (χ3v) is 5.22. The van der Waals surface area contributed by atoms with Gasteiger partial charge >= 0.3 is 0 Å². The van der Waals surface area contributed by atoms with Crippen molar-refractivity contribution in [2.24, 2.45) is 0 Å². The minimum Gasteiger partial charge on any atom is -0.626 e. The Morgan fingerprint density at radius 2 is 2.00 bits per heavy atom. The molecule has 1 N–H and O–H groups in total. The van der Waals surface area contributed by atoms with Crippen molar-refractivity contribution in [1.82, 2.24) is 9.76 Å². The second kappa shape index (κ2) is 7.13. The summed E-state index contributed by atoms with van der Waals surface area (Å²) in [6, 6.07) is 0. The first-order chi connectivity index (χ1) is 6.73. The van der Waals surface area contributed by atoms with Gasteiger partial charge in [-0.15, -0.1) is 4.67 Å². The van der Waals surface area contributed by atoms with Crippen molar-refractivity contribution in [3.63, 3.8) is 0 Å². The number of nitrogens with one attached hydrogen (secondary N) is 1. The zero-order valence-electron chi connectivity index (χ0n) is 7.92. The normalized spacial score (nSPS) is 28.3. The van der Waals surface area contributed by atoms with Crippen LogP contribution in [0.15, 0.2) is 0 Å². The van der Waals surface area contributed by atoms with Gasteiger partial charge in [-0.2, -0.15) is 5.09 Å². The average Bonchev–Trinajstić information content (AvgIpc) is 2.19. The lowest BCUT2D eigenvalue weighted by molar-refractivity contribution is -0.213. The smallest absolute Gasteiger partial charge is 0.250 e. The molecule has 0 aromatic rings. The molecule has 1 fully saturated rings. The standard InChI is InChI=1S/C7H15I2N2O2P/c8-2-5-11(6-3-9)14(12)10-4-1-7-13-14/h1-7H2,(H,10,12). The molecule has 4 nitrogen and oxygen atoms in total. The van der Waals surface area contributed by atoms with Crippen molar-refractivity contribution < 1.29 is 9.42 Å². The lowest BCUT2D eigenvalue weighted by Gasteiger charge is -2.39. The molecule has 1 heterocycles. The Morgan fingerprint density at radius 3 is 2.43 bits per heavy atom. The molecule has 0 aliphatic carbocycles. The van der Waals surface area contributed by atoms with Crippen LogP contribution in [0.2, 0.25) is 0 Å². The summed E-state index contributed by atoms with van der Waals surface area (Å²) in [6.07, 6.45) is 0.951. The van der Waals surface area contributed by atoms with E-state index in [9.17, 15) is 4.89 Å². The molecular weight excluding hydrogens is 429 g/mol. The van der Waals surface area contributed by atoms with E-state index in [0.717, 1.165) is 34.9 Å². The quantitative estimate of drug-likeness (QED) is 0.394. The SMILES string of the molecule is [O-][P+]1(N(CCI)CCI)NCCCO1. The van der Waals surface area contributed by atoms with E-state index in [1.54, 1.807) is 0 Å². The van der Waals surface area contributed by atoms with E-state index in [-0.39, 0.29) is 0 Å². The molecule has 1 unspecified atom stereocenters. The number of halogens is 2. The largest absolute Gasteiger partial charge is 0.626 e. The van der Waals surface area contributed by atoms with Gasteiger partial charge in [0.25, 0.3) is 0 Å². The maximum Gasteiger partial charge on any atom is 0.250 e. The van der Waals surface area contributed by atoms with Gasteiger partial charge in [0, 0.05) is 28.5 Å². The highest BCUT2D eigenvalue weighted by Gasteiger charge is 2.38. The third-order valence-electron chi connectivity index (χ3n) is 1.96. The van der Waals surface area contributed by atoms with Crippen molar-refractivity contribution in [3.05, 3.63) is 0 Å². The van der Waals surface area contributed by atoms with Crippen molar-refractivity contribution in [2.45, 2.75) is 6.42 Å². The highest BCUT2D eigenvalue weighted by molar-refractivity contribution is 14.1. The van der Waals surface area contributed by atoms with Crippen LogP contribution in [0.5, 0.6) is 0 Å². The van der Waals surface area contributed by atoms with Gasteiger partial charge in [0.1, 0.15) is 0 Å². The maximum absolute atomic E-state index is 12.3. The molecule has 1 aliphatic heterocycles. The highest BCUT2D eigenvalue weighted by atomic mass is 127. The number of alkyl halides is 2. The Morgan fingerprint density at radius 1 is 1.36 bits per heavy atom.